The Labute approximate surface area is 167 Å². The molecule has 1 aliphatic heterocycles. The van der Waals surface area contributed by atoms with Crippen LogP contribution >= 0.6 is 23.2 Å². The predicted octanol–water partition coefficient (Wildman–Crippen LogP) is 5.30. The Morgan fingerprint density at radius 2 is 1.74 bits per heavy atom. The van der Waals surface area contributed by atoms with Gasteiger partial charge in [0.1, 0.15) is 5.92 Å². The summed E-state index contributed by atoms with van der Waals surface area (Å²) in [6.07, 6.45) is 3.83. The van der Waals surface area contributed by atoms with Crippen molar-refractivity contribution in [2.75, 3.05) is 0 Å². The largest absolute Gasteiger partial charge is 0.481 e. The summed E-state index contributed by atoms with van der Waals surface area (Å²) >= 11 is 12.5. The average Bonchev–Trinajstić information content (AvgIpc) is 3.15. The Kier molecular flexibility index (Phi) is 4.87. The number of hydrogen-bond donors (Lipinski definition) is 1. The molecule has 2 aromatic rings. The Morgan fingerprint density at radius 1 is 1.04 bits per heavy atom. The van der Waals surface area contributed by atoms with Gasteiger partial charge in [-0.15, -0.1) is 0 Å². The average molecular weight is 404 g/mol. The predicted molar refractivity (Wildman–Crippen MR) is 104 cm³/mol. The summed E-state index contributed by atoms with van der Waals surface area (Å²) in [5.41, 5.74) is 1.64. The quantitative estimate of drug-likeness (QED) is 0.755. The highest BCUT2D eigenvalue weighted by Gasteiger charge is 2.47. The SMILES string of the molecule is O=C(O)[C@@H]1c2ccccc2C(=O)N(C2CCCC2)[C@@H]1c1ccc(Cl)cc1Cl. The van der Waals surface area contributed by atoms with Gasteiger partial charge in [0, 0.05) is 21.7 Å². The van der Waals surface area contributed by atoms with Crippen LogP contribution in [0.5, 0.6) is 0 Å². The number of nitrogens with zero attached hydrogens (tertiary/aromatic N) is 1. The molecule has 1 heterocycles. The summed E-state index contributed by atoms with van der Waals surface area (Å²) in [6, 6.07) is 11.4. The molecule has 2 atom stereocenters. The van der Waals surface area contributed by atoms with Crippen molar-refractivity contribution in [3.63, 3.8) is 0 Å². The molecule has 0 saturated heterocycles. The summed E-state index contributed by atoms with van der Waals surface area (Å²) in [5.74, 6) is -1.96. The molecular formula is C21H19Cl2NO3. The number of carboxylic acid groups (broad SMARTS) is 1. The second-order valence-electron chi connectivity index (χ2n) is 7.16. The molecule has 1 N–H and O–H groups in total. The summed E-state index contributed by atoms with van der Waals surface area (Å²) in [4.78, 5) is 27.5. The first-order chi connectivity index (χ1) is 13.0. The van der Waals surface area contributed by atoms with Crippen molar-refractivity contribution < 1.29 is 14.7 Å². The van der Waals surface area contributed by atoms with Gasteiger partial charge in [0.25, 0.3) is 5.91 Å². The molecule has 0 bridgehead atoms. The van der Waals surface area contributed by atoms with E-state index in [1.807, 2.05) is 0 Å². The lowest BCUT2D eigenvalue weighted by Gasteiger charge is -2.44. The van der Waals surface area contributed by atoms with E-state index in [1.54, 1.807) is 47.4 Å². The fourth-order valence-electron chi connectivity index (χ4n) is 4.47. The minimum Gasteiger partial charge on any atom is -0.481 e. The Bertz CT molecular complexity index is 908. The second kappa shape index (κ2) is 7.17. The molecule has 140 valence electrons. The van der Waals surface area contributed by atoms with Crippen molar-refractivity contribution >= 4 is 35.1 Å². The van der Waals surface area contributed by atoms with Crippen LogP contribution in [-0.4, -0.2) is 27.9 Å². The number of carbonyl (C=O) groups is 2. The van der Waals surface area contributed by atoms with Gasteiger partial charge >= 0.3 is 5.97 Å². The number of rotatable bonds is 3. The Morgan fingerprint density at radius 3 is 2.41 bits per heavy atom. The van der Waals surface area contributed by atoms with E-state index in [4.69, 9.17) is 23.2 Å². The van der Waals surface area contributed by atoms with E-state index in [9.17, 15) is 14.7 Å². The minimum absolute atomic E-state index is 0.0180. The number of amides is 1. The van der Waals surface area contributed by atoms with Gasteiger partial charge < -0.3 is 10.0 Å². The lowest BCUT2D eigenvalue weighted by molar-refractivity contribution is -0.140. The maximum absolute atomic E-state index is 13.4. The standard InChI is InChI=1S/C21H19Cl2NO3/c22-12-9-10-16(17(23)11-12)19-18(21(26)27)14-7-3-4-8-15(14)20(25)24(19)13-5-1-2-6-13/h3-4,7-11,13,18-19H,1-2,5-6H2,(H,26,27)/t18-,19-/m1/s1. The van der Waals surface area contributed by atoms with E-state index < -0.39 is 17.9 Å². The molecule has 1 saturated carbocycles. The van der Waals surface area contributed by atoms with Crippen LogP contribution in [0.25, 0.3) is 0 Å². The lowest BCUT2D eigenvalue weighted by Crippen LogP contribution is -2.49. The van der Waals surface area contributed by atoms with Crippen LogP contribution in [-0.2, 0) is 4.79 Å². The van der Waals surface area contributed by atoms with Gasteiger partial charge in [0.15, 0.2) is 0 Å². The molecule has 1 fully saturated rings. The zero-order valence-corrected chi connectivity index (χ0v) is 16.1. The molecule has 27 heavy (non-hydrogen) atoms. The highest BCUT2D eigenvalue weighted by Crippen LogP contribution is 2.47. The first kappa shape index (κ1) is 18.3. The van der Waals surface area contributed by atoms with E-state index in [1.165, 1.54) is 0 Å². The highest BCUT2D eigenvalue weighted by atomic mass is 35.5. The van der Waals surface area contributed by atoms with Crippen molar-refractivity contribution in [3.8, 4) is 0 Å². The molecular weight excluding hydrogens is 385 g/mol. The van der Waals surface area contributed by atoms with Gasteiger partial charge in [-0.1, -0.05) is 60.3 Å². The third-order valence-corrected chi connectivity index (χ3v) is 6.20. The normalized spacial score (nSPS) is 22.7. The van der Waals surface area contributed by atoms with Crippen LogP contribution in [0, 0.1) is 0 Å². The van der Waals surface area contributed by atoms with Crippen LogP contribution < -0.4 is 0 Å². The Balaban J connectivity index is 1.94. The third-order valence-electron chi connectivity index (χ3n) is 5.64. The van der Waals surface area contributed by atoms with Crippen molar-refractivity contribution in [3.05, 3.63) is 69.2 Å². The van der Waals surface area contributed by atoms with E-state index in [-0.39, 0.29) is 11.9 Å². The van der Waals surface area contributed by atoms with Gasteiger partial charge in [-0.2, -0.15) is 0 Å². The van der Waals surface area contributed by atoms with Gasteiger partial charge in [-0.3, -0.25) is 9.59 Å². The number of benzene rings is 2. The van der Waals surface area contributed by atoms with E-state index in [0.717, 1.165) is 25.7 Å². The summed E-state index contributed by atoms with van der Waals surface area (Å²) in [5, 5.41) is 11.0. The van der Waals surface area contributed by atoms with Crippen LogP contribution in [0.3, 0.4) is 0 Å². The molecule has 0 aromatic heterocycles. The monoisotopic (exact) mass is 403 g/mol. The smallest absolute Gasteiger partial charge is 0.313 e. The van der Waals surface area contributed by atoms with E-state index >= 15 is 0 Å². The van der Waals surface area contributed by atoms with Crippen molar-refractivity contribution in [1.29, 1.82) is 0 Å². The molecule has 4 nitrogen and oxygen atoms in total. The zero-order chi connectivity index (χ0) is 19.1. The fraction of sp³-hybridized carbons (Fsp3) is 0.333. The van der Waals surface area contributed by atoms with E-state index in [2.05, 4.69) is 0 Å². The van der Waals surface area contributed by atoms with Gasteiger partial charge in [-0.05, 0) is 42.2 Å². The molecule has 1 aliphatic carbocycles. The lowest BCUT2D eigenvalue weighted by atomic mass is 9.79. The highest BCUT2D eigenvalue weighted by molar-refractivity contribution is 6.35. The molecule has 0 spiro atoms. The van der Waals surface area contributed by atoms with Crippen LogP contribution in [0.1, 0.15) is 59.1 Å². The number of halogens is 2. The maximum atomic E-state index is 13.4. The second-order valence-corrected chi connectivity index (χ2v) is 8.01. The number of carbonyl (C=O) groups excluding carboxylic acids is 1. The first-order valence-corrected chi connectivity index (χ1v) is 9.84. The van der Waals surface area contributed by atoms with Crippen molar-refractivity contribution in [2.45, 2.75) is 43.7 Å². The number of carboxylic acids is 1. The molecule has 4 rings (SSSR count). The summed E-state index contributed by atoms with van der Waals surface area (Å²) in [6.45, 7) is 0. The molecule has 2 aliphatic rings. The maximum Gasteiger partial charge on any atom is 0.313 e. The van der Waals surface area contributed by atoms with Crippen LogP contribution in [0.15, 0.2) is 42.5 Å². The molecule has 0 unspecified atom stereocenters. The van der Waals surface area contributed by atoms with E-state index in [0.29, 0.717) is 26.7 Å². The third kappa shape index (κ3) is 3.11. The van der Waals surface area contributed by atoms with Crippen LogP contribution in [0.4, 0.5) is 0 Å². The zero-order valence-electron chi connectivity index (χ0n) is 14.6. The number of aliphatic carboxylic acids is 1. The number of hydrogen-bond acceptors (Lipinski definition) is 2. The van der Waals surface area contributed by atoms with Crippen molar-refractivity contribution in [1.82, 2.24) is 4.90 Å². The topological polar surface area (TPSA) is 57.6 Å². The first-order valence-electron chi connectivity index (χ1n) is 9.08. The molecule has 6 heteroatoms. The van der Waals surface area contributed by atoms with Crippen LogP contribution in [0.2, 0.25) is 10.0 Å². The van der Waals surface area contributed by atoms with Gasteiger partial charge in [-0.25, -0.2) is 0 Å². The summed E-state index contributed by atoms with van der Waals surface area (Å²) < 4.78 is 0. The molecule has 0 radical (unpaired) electrons. The fourth-order valence-corrected chi connectivity index (χ4v) is 4.99. The number of fused-ring (bicyclic) bond motifs is 1. The van der Waals surface area contributed by atoms with Gasteiger partial charge in [0.2, 0.25) is 0 Å². The minimum atomic E-state index is -0.964. The Hall–Kier alpha value is -2.04. The van der Waals surface area contributed by atoms with Gasteiger partial charge in [0.05, 0.1) is 6.04 Å². The van der Waals surface area contributed by atoms with Crippen molar-refractivity contribution in [2.24, 2.45) is 0 Å². The molecule has 2 aromatic carbocycles. The summed E-state index contributed by atoms with van der Waals surface area (Å²) in [7, 11) is 0. The molecule has 1 amide bonds.